The molecule has 2 rings (SSSR count). The maximum Gasteiger partial charge on any atom is 0.270 e. The molecule has 1 unspecified atom stereocenters. The minimum absolute atomic E-state index is 0.0434. The molecule has 0 fully saturated rings. The van der Waals surface area contributed by atoms with Crippen LogP contribution in [0.5, 0.6) is 0 Å². The van der Waals surface area contributed by atoms with Crippen molar-refractivity contribution >= 4 is 17.2 Å². The second-order valence-electron chi connectivity index (χ2n) is 4.10. The fourth-order valence-corrected chi connectivity index (χ4v) is 2.36. The first-order valence-electron chi connectivity index (χ1n) is 6.10. The molecule has 0 radical (unpaired) electrons. The Morgan fingerprint density at radius 3 is 2.95 bits per heavy atom. The van der Waals surface area contributed by atoms with Crippen molar-refractivity contribution in [3.63, 3.8) is 0 Å². The fourth-order valence-electron chi connectivity index (χ4n) is 1.62. The highest BCUT2D eigenvalue weighted by Gasteiger charge is 2.12. The van der Waals surface area contributed by atoms with Gasteiger partial charge in [0.05, 0.1) is 6.04 Å². The molecule has 2 N–H and O–H groups in total. The van der Waals surface area contributed by atoms with Crippen LogP contribution in [-0.2, 0) is 0 Å². The Morgan fingerprint density at radius 1 is 1.50 bits per heavy atom. The maximum atomic E-state index is 12.0. The molecule has 2 aromatic rings. The van der Waals surface area contributed by atoms with Gasteiger partial charge >= 0.3 is 0 Å². The smallest absolute Gasteiger partial charge is 0.270 e. The van der Waals surface area contributed by atoms with E-state index >= 15 is 0 Å². The molecule has 2 aromatic heterocycles. The van der Waals surface area contributed by atoms with Crippen LogP contribution in [0.15, 0.2) is 35.8 Å². The normalized spacial score (nSPS) is 11.3. The lowest BCUT2D eigenvalue weighted by atomic mass is 10.2. The molecule has 5 heteroatoms. The summed E-state index contributed by atoms with van der Waals surface area (Å²) in [6, 6.07) is 7.22. The zero-order chi connectivity index (χ0) is 14.4. The second kappa shape index (κ2) is 6.85. The van der Waals surface area contributed by atoms with Gasteiger partial charge in [-0.25, -0.2) is 4.98 Å². The molecule has 0 bridgehead atoms. The average molecular weight is 286 g/mol. The van der Waals surface area contributed by atoms with E-state index in [1.807, 2.05) is 24.4 Å². The summed E-state index contributed by atoms with van der Waals surface area (Å²) in [4.78, 5) is 17.2. The summed E-state index contributed by atoms with van der Waals surface area (Å²) < 4.78 is 0. The van der Waals surface area contributed by atoms with E-state index in [2.05, 4.69) is 22.1 Å². The van der Waals surface area contributed by atoms with Crippen molar-refractivity contribution in [2.24, 2.45) is 0 Å². The summed E-state index contributed by atoms with van der Waals surface area (Å²) >= 11 is 1.60. The standard InChI is InChI=1S/C15H14N2O2S/c1-11(14-5-3-9-20-14)17-15(19)13-7-6-12(10-16-13)4-2-8-18/h3,5-7,9-11,18H,8H2,1H3,(H,17,19). The number of carbonyl (C=O) groups is 1. The van der Waals surface area contributed by atoms with Gasteiger partial charge in [-0.2, -0.15) is 0 Å². The minimum atomic E-state index is -0.215. The highest BCUT2D eigenvalue weighted by Crippen LogP contribution is 2.18. The number of thiophene rings is 1. The van der Waals surface area contributed by atoms with E-state index in [-0.39, 0.29) is 18.6 Å². The van der Waals surface area contributed by atoms with Crippen molar-refractivity contribution < 1.29 is 9.90 Å². The number of rotatable bonds is 3. The SMILES string of the molecule is CC(NC(=O)c1ccc(C#CCO)cn1)c1cccs1. The van der Waals surface area contributed by atoms with Gasteiger partial charge in [0, 0.05) is 16.6 Å². The summed E-state index contributed by atoms with van der Waals surface area (Å²) in [5.41, 5.74) is 1.02. The Labute approximate surface area is 121 Å². The van der Waals surface area contributed by atoms with Gasteiger partial charge in [-0.1, -0.05) is 17.9 Å². The molecule has 0 aliphatic carbocycles. The van der Waals surface area contributed by atoms with Crippen LogP contribution in [0.4, 0.5) is 0 Å². The summed E-state index contributed by atoms with van der Waals surface area (Å²) in [5.74, 6) is 5.05. The first-order chi connectivity index (χ1) is 9.70. The largest absolute Gasteiger partial charge is 0.384 e. The van der Waals surface area contributed by atoms with E-state index in [1.54, 1.807) is 23.5 Å². The average Bonchev–Trinajstić information content (AvgIpc) is 3.00. The lowest BCUT2D eigenvalue weighted by Gasteiger charge is -2.11. The second-order valence-corrected chi connectivity index (χ2v) is 5.08. The molecule has 20 heavy (non-hydrogen) atoms. The molecule has 0 aliphatic rings. The third-order valence-corrected chi connectivity index (χ3v) is 3.68. The number of amides is 1. The van der Waals surface area contributed by atoms with Gasteiger partial charge in [-0.3, -0.25) is 4.79 Å². The molecular weight excluding hydrogens is 272 g/mol. The van der Waals surface area contributed by atoms with E-state index < -0.39 is 0 Å². The first kappa shape index (κ1) is 14.3. The molecule has 102 valence electrons. The monoisotopic (exact) mass is 286 g/mol. The van der Waals surface area contributed by atoms with E-state index in [1.165, 1.54) is 6.20 Å². The lowest BCUT2D eigenvalue weighted by Crippen LogP contribution is -2.26. The summed E-state index contributed by atoms with van der Waals surface area (Å²) in [7, 11) is 0. The Balaban J connectivity index is 2.02. The summed E-state index contributed by atoms with van der Waals surface area (Å²) in [6.45, 7) is 1.74. The van der Waals surface area contributed by atoms with Crippen LogP contribution in [0.3, 0.4) is 0 Å². The van der Waals surface area contributed by atoms with Crippen molar-refractivity contribution in [2.75, 3.05) is 6.61 Å². The maximum absolute atomic E-state index is 12.0. The van der Waals surface area contributed by atoms with Gasteiger partial charge < -0.3 is 10.4 Å². The van der Waals surface area contributed by atoms with Crippen molar-refractivity contribution in [2.45, 2.75) is 13.0 Å². The van der Waals surface area contributed by atoms with E-state index in [4.69, 9.17) is 5.11 Å². The van der Waals surface area contributed by atoms with Crippen LogP contribution in [0.25, 0.3) is 0 Å². The predicted molar refractivity (Wildman–Crippen MR) is 78.4 cm³/mol. The van der Waals surface area contributed by atoms with Crippen LogP contribution in [0.2, 0.25) is 0 Å². The van der Waals surface area contributed by atoms with Crippen LogP contribution in [0, 0.1) is 11.8 Å². The van der Waals surface area contributed by atoms with E-state index in [0.717, 1.165) is 4.88 Å². The summed E-state index contributed by atoms with van der Waals surface area (Å²) in [6.07, 6.45) is 1.52. The van der Waals surface area contributed by atoms with Gasteiger partial charge in [0.1, 0.15) is 12.3 Å². The van der Waals surface area contributed by atoms with Crippen molar-refractivity contribution in [3.8, 4) is 11.8 Å². The number of aromatic nitrogens is 1. The molecule has 2 heterocycles. The summed E-state index contributed by atoms with van der Waals surface area (Å²) in [5, 5.41) is 13.5. The molecule has 0 saturated heterocycles. The van der Waals surface area contributed by atoms with Gasteiger partial charge in [0.15, 0.2) is 0 Å². The number of pyridine rings is 1. The zero-order valence-electron chi connectivity index (χ0n) is 11.0. The predicted octanol–water partition coefficient (Wildman–Crippen LogP) is 1.98. The molecule has 4 nitrogen and oxygen atoms in total. The third kappa shape index (κ3) is 3.67. The molecule has 1 atom stereocenters. The van der Waals surface area contributed by atoms with Crippen molar-refractivity contribution in [1.29, 1.82) is 0 Å². The topological polar surface area (TPSA) is 62.2 Å². The first-order valence-corrected chi connectivity index (χ1v) is 6.98. The van der Waals surface area contributed by atoms with E-state index in [0.29, 0.717) is 11.3 Å². The third-order valence-electron chi connectivity index (χ3n) is 2.63. The number of nitrogens with zero attached hydrogens (tertiary/aromatic N) is 1. The number of hydrogen-bond donors (Lipinski definition) is 2. The highest BCUT2D eigenvalue weighted by molar-refractivity contribution is 7.10. The molecule has 0 saturated carbocycles. The number of hydrogen-bond acceptors (Lipinski definition) is 4. The van der Waals surface area contributed by atoms with Crippen LogP contribution in [0.1, 0.15) is 33.9 Å². The highest BCUT2D eigenvalue weighted by atomic mass is 32.1. The van der Waals surface area contributed by atoms with Gasteiger partial charge in [-0.15, -0.1) is 11.3 Å². The van der Waals surface area contributed by atoms with E-state index in [9.17, 15) is 4.79 Å². The minimum Gasteiger partial charge on any atom is -0.384 e. The van der Waals surface area contributed by atoms with Crippen LogP contribution >= 0.6 is 11.3 Å². The number of nitrogens with one attached hydrogen (secondary N) is 1. The molecule has 0 aromatic carbocycles. The number of aliphatic hydroxyl groups is 1. The van der Waals surface area contributed by atoms with Crippen molar-refractivity contribution in [1.82, 2.24) is 10.3 Å². The molecule has 0 aliphatic heterocycles. The lowest BCUT2D eigenvalue weighted by molar-refractivity contribution is 0.0935. The number of aliphatic hydroxyl groups excluding tert-OH is 1. The Bertz CT molecular complexity index is 624. The quantitative estimate of drug-likeness (QED) is 0.848. The molecule has 1 amide bonds. The van der Waals surface area contributed by atoms with Crippen molar-refractivity contribution in [3.05, 3.63) is 52.0 Å². The molecular formula is C15H14N2O2S. The Hall–Kier alpha value is -2.16. The fraction of sp³-hybridized carbons (Fsp3) is 0.200. The molecule has 0 spiro atoms. The van der Waals surface area contributed by atoms with Gasteiger partial charge in [0.25, 0.3) is 5.91 Å². The Morgan fingerprint density at radius 2 is 2.35 bits per heavy atom. The zero-order valence-corrected chi connectivity index (χ0v) is 11.8. The Kier molecular flexibility index (Phi) is 4.88. The van der Waals surface area contributed by atoms with Gasteiger partial charge in [-0.05, 0) is 30.5 Å². The van der Waals surface area contributed by atoms with Crippen LogP contribution in [-0.4, -0.2) is 22.6 Å². The van der Waals surface area contributed by atoms with Gasteiger partial charge in [0.2, 0.25) is 0 Å². The van der Waals surface area contributed by atoms with Crippen LogP contribution < -0.4 is 5.32 Å². The number of carbonyl (C=O) groups excluding carboxylic acids is 1.